The third-order valence-electron chi connectivity index (χ3n) is 3.81. The molecule has 3 aromatic rings. The van der Waals surface area contributed by atoms with Crippen molar-refractivity contribution in [1.29, 1.82) is 0 Å². The molecule has 7 heteroatoms. The largest absolute Gasteiger partial charge is 0.497 e. The highest BCUT2D eigenvalue weighted by Gasteiger charge is 2.05. The fourth-order valence-corrected chi connectivity index (χ4v) is 2.39. The summed E-state index contributed by atoms with van der Waals surface area (Å²) in [5.41, 5.74) is 4.72. The molecule has 3 N–H and O–H groups in total. The molecule has 0 fully saturated rings. The van der Waals surface area contributed by atoms with Crippen LogP contribution < -0.4 is 15.5 Å². The number of ether oxygens (including phenoxy) is 1. The Kier molecular flexibility index (Phi) is 5.40. The Morgan fingerprint density at radius 2 is 1.81 bits per heavy atom. The van der Waals surface area contributed by atoms with Gasteiger partial charge in [0.25, 0.3) is 5.91 Å². The number of hydroxylamine groups is 1. The topological polar surface area (TPSA) is 96.4 Å². The molecular weight excluding hydrogens is 332 g/mol. The van der Waals surface area contributed by atoms with Gasteiger partial charge in [-0.05, 0) is 48.0 Å². The molecule has 7 nitrogen and oxygen atoms in total. The van der Waals surface area contributed by atoms with Crippen LogP contribution >= 0.6 is 0 Å². The van der Waals surface area contributed by atoms with Gasteiger partial charge in [0.15, 0.2) is 0 Å². The van der Waals surface area contributed by atoms with Gasteiger partial charge in [-0.2, -0.15) is 0 Å². The van der Waals surface area contributed by atoms with Crippen LogP contribution in [0.25, 0.3) is 11.3 Å². The van der Waals surface area contributed by atoms with E-state index in [2.05, 4.69) is 15.3 Å². The molecular formula is C19H18N4O3. The molecule has 1 amide bonds. The van der Waals surface area contributed by atoms with E-state index in [0.717, 1.165) is 22.6 Å². The molecule has 0 atom stereocenters. The van der Waals surface area contributed by atoms with Crippen molar-refractivity contribution in [3.63, 3.8) is 0 Å². The number of nitrogens with one attached hydrogen (secondary N) is 2. The van der Waals surface area contributed by atoms with Crippen LogP contribution in [0.5, 0.6) is 5.75 Å². The van der Waals surface area contributed by atoms with Gasteiger partial charge in [0.2, 0.25) is 5.95 Å². The van der Waals surface area contributed by atoms with Crippen LogP contribution in [0.3, 0.4) is 0 Å². The molecule has 0 aliphatic carbocycles. The number of carbonyl (C=O) groups excluding carboxylic acids is 1. The zero-order valence-electron chi connectivity index (χ0n) is 14.1. The molecule has 0 aliphatic rings. The van der Waals surface area contributed by atoms with Gasteiger partial charge < -0.3 is 10.1 Å². The summed E-state index contributed by atoms with van der Waals surface area (Å²) in [4.78, 5) is 20.1. The van der Waals surface area contributed by atoms with Crippen LogP contribution in [-0.4, -0.2) is 28.2 Å². The third kappa shape index (κ3) is 4.14. The minimum Gasteiger partial charge on any atom is -0.497 e. The normalized spacial score (nSPS) is 10.2. The van der Waals surface area contributed by atoms with Crippen molar-refractivity contribution < 1.29 is 14.7 Å². The van der Waals surface area contributed by atoms with Gasteiger partial charge in [-0.3, -0.25) is 10.0 Å². The summed E-state index contributed by atoms with van der Waals surface area (Å²) in [5, 5.41) is 11.8. The Labute approximate surface area is 150 Å². The smallest absolute Gasteiger partial charge is 0.274 e. The SMILES string of the molecule is COc1ccc(-c2ccnc(NCc3ccc(C(=O)NO)cc3)n2)cc1. The predicted octanol–water partition coefficient (Wildman–Crippen LogP) is 2.88. The zero-order chi connectivity index (χ0) is 18.4. The Morgan fingerprint density at radius 3 is 2.46 bits per heavy atom. The van der Waals surface area contributed by atoms with E-state index >= 15 is 0 Å². The first-order valence-corrected chi connectivity index (χ1v) is 7.94. The average molecular weight is 350 g/mol. The van der Waals surface area contributed by atoms with Crippen LogP contribution in [0.2, 0.25) is 0 Å². The third-order valence-corrected chi connectivity index (χ3v) is 3.81. The summed E-state index contributed by atoms with van der Waals surface area (Å²) >= 11 is 0. The second-order valence-corrected chi connectivity index (χ2v) is 5.49. The summed E-state index contributed by atoms with van der Waals surface area (Å²) in [6.07, 6.45) is 1.70. The van der Waals surface area contributed by atoms with Gasteiger partial charge in [0.05, 0.1) is 12.8 Å². The molecule has 26 heavy (non-hydrogen) atoms. The van der Waals surface area contributed by atoms with E-state index in [4.69, 9.17) is 9.94 Å². The molecule has 1 heterocycles. The highest BCUT2D eigenvalue weighted by Crippen LogP contribution is 2.21. The maximum atomic E-state index is 11.3. The van der Waals surface area contributed by atoms with Crippen LogP contribution in [-0.2, 0) is 6.54 Å². The van der Waals surface area contributed by atoms with E-state index in [0.29, 0.717) is 18.1 Å². The highest BCUT2D eigenvalue weighted by atomic mass is 16.5. The first-order valence-electron chi connectivity index (χ1n) is 7.94. The first-order chi connectivity index (χ1) is 12.7. The predicted molar refractivity (Wildman–Crippen MR) is 97.0 cm³/mol. The van der Waals surface area contributed by atoms with Gasteiger partial charge in [0.1, 0.15) is 5.75 Å². The van der Waals surface area contributed by atoms with Gasteiger partial charge in [-0.25, -0.2) is 15.4 Å². The zero-order valence-corrected chi connectivity index (χ0v) is 14.1. The molecule has 2 aromatic carbocycles. The summed E-state index contributed by atoms with van der Waals surface area (Å²) in [6, 6.07) is 16.4. The molecule has 0 radical (unpaired) electrons. The van der Waals surface area contributed by atoms with Gasteiger partial charge in [-0.1, -0.05) is 12.1 Å². The Bertz CT molecular complexity index is 880. The summed E-state index contributed by atoms with van der Waals surface area (Å²) in [6.45, 7) is 0.507. The number of benzene rings is 2. The maximum Gasteiger partial charge on any atom is 0.274 e. The lowest BCUT2D eigenvalue weighted by Crippen LogP contribution is -2.18. The molecule has 0 bridgehead atoms. The number of hydrogen-bond acceptors (Lipinski definition) is 6. The number of methoxy groups -OCH3 is 1. The van der Waals surface area contributed by atoms with E-state index in [1.54, 1.807) is 43.1 Å². The fraction of sp³-hybridized carbons (Fsp3) is 0.105. The van der Waals surface area contributed by atoms with E-state index in [1.165, 1.54) is 0 Å². The van der Waals surface area contributed by atoms with Gasteiger partial charge in [0, 0.05) is 23.9 Å². The molecule has 0 spiro atoms. The average Bonchev–Trinajstić information content (AvgIpc) is 2.72. The van der Waals surface area contributed by atoms with E-state index < -0.39 is 5.91 Å². The lowest BCUT2D eigenvalue weighted by Gasteiger charge is -2.08. The number of aromatic nitrogens is 2. The van der Waals surface area contributed by atoms with E-state index in [1.807, 2.05) is 30.3 Å². The summed E-state index contributed by atoms with van der Waals surface area (Å²) < 4.78 is 5.16. The van der Waals surface area contributed by atoms with Gasteiger partial charge in [-0.15, -0.1) is 0 Å². The molecule has 0 saturated heterocycles. The standard InChI is InChI=1S/C19H18N4O3/c1-26-16-8-6-14(7-9-16)17-10-11-20-19(22-17)21-12-13-2-4-15(5-3-13)18(24)23-25/h2-11,25H,12H2,1H3,(H,23,24)(H,20,21,22). The Hall–Kier alpha value is -3.45. The highest BCUT2D eigenvalue weighted by molar-refractivity contribution is 5.93. The first kappa shape index (κ1) is 17.4. The molecule has 0 saturated carbocycles. The molecule has 0 unspecified atom stereocenters. The molecule has 3 rings (SSSR count). The lowest BCUT2D eigenvalue weighted by molar-refractivity contribution is 0.0706. The minimum atomic E-state index is -0.542. The van der Waals surface area contributed by atoms with Crippen molar-refractivity contribution in [3.8, 4) is 17.0 Å². The number of amides is 1. The lowest BCUT2D eigenvalue weighted by atomic mass is 10.1. The number of anilines is 1. The van der Waals surface area contributed by atoms with Gasteiger partial charge >= 0.3 is 0 Å². The van der Waals surface area contributed by atoms with Crippen molar-refractivity contribution in [2.45, 2.75) is 6.54 Å². The summed E-state index contributed by atoms with van der Waals surface area (Å²) in [7, 11) is 1.63. The molecule has 132 valence electrons. The van der Waals surface area contributed by atoms with E-state index in [-0.39, 0.29) is 0 Å². The van der Waals surface area contributed by atoms with Crippen LogP contribution in [0, 0.1) is 0 Å². The number of nitrogens with zero attached hydrogens (tertiary/aromatic N) is 2. The van der Waals surface area contributed by atoms with Crippen molar-refractivity contribution in [1.82, 2.24) is 15.4 Å². The monoisotopic (exact) mass is 350 g/mol. The van der Waals surface area contributed by atoms with Crippen molar-refractivity contribution in [3.05, 3.63) is 71.9 Å². The Balaban J connectivity index is 1.67. The molecule has 1 aromatic heterocycles. The second-order valence-electron chi connectivity index (χ2n) is 5.49. The number of hydrogen-bond donors (Lipinski definition) is 3. The summed E-state index contributed by atoms with van der Waals surface area (Å²) in [5.74, 6) is 0.759. The maximum absolute atomic E-state index is 11.3. The quantitative estimate of drug-likeness (QED) is 0.467. The van der Waals surface area contributed by atoms with Crippen molar-refractivity contribution in [2.75, 3.05) is 12.4 Å². The van der Waals surface area contributed by atoms with E-state index in [9.17, 15) is 4.79 Å². The van der Waals surface area contributed by atoms with Crippen LogP contribution in [0.1, 0.15) is 15.9 Å². The fourth-order valence-electron chi connectivity index (χ4n) is 2.39. The minimum absolute atomic E-state index is 0.383. The number of rotatable bonds is 6. The van der Waals surface area contributed by atoms with Crippen LogP contribution in [0.15, 0.2) is 60.8 Å². The second kappa shape index (κ2) is 8.09. The number of carbonyl (C=O) groups is 1. The molecule has 0 aliphatic heterocycles. The van der Waals surface area contributed by atoms with Crippen LogP contribution in [0.4, 0.5) is 5.95 Å². The Morgan fingerprint density at radius 1 is 1.08 bits per heavy atom. The van der Waals surface area contributed by atoms with Crippen molar-refractivity contribution >= 4 is 11.9 Å². The van der Waals surface area contributed by atoms with Crippen molar-refractivity contribution in [2.24, 2.45) is 0 Å².